The fraction of sp³-hybridized carbons (Fsp3) is 0.0769. The van der Waals surface area contributed by atoms with Crippen LogP contribution in [0.3, 0.4) is 0 Å². The van der Waals surface area contributed by atoms with Crippen LogP contribution in [0.1, 0.15) is 17.2 Å². The van der Waals surface area contributed by atoms with Crippen molar-refractivity contribution in [3.63, 3.8) is 0 Å². The first-order valence-electron chi connectivity index (χ1n) is 5.29. The number of hydrogen-bond acceptors (Lipinski definition) is 2. The molecule has 0 amide bonds. The maximum Gasteiger partial charge on any atom is 0.129 e. The van der Waals surface area contributed by atoms with Gasteiger partial charge in [0.2, 0.25) is 0 Å². The molecule has 0 aliphatic heterocycles. The van der Waals surface area contributed by atoms with Crippen LogP contribution in [-0.2, 0) is 0 Å². The molecule has 0 aromatic heterocycles. The molecule has 0 saturated heterocycles. The lowest BCUT2D eigenvalue weighted by Gasteiger charge is -2.19. The number of nitrogens with one attached hydrogen (secondary N) is 1. The molecule has 2 nitrogen and oxygen atoms in total. The van der Waals surface area contributed by atoms with Gasteiger partial charge in [-0.25, -0.2) is 9.82 Å². The van der Waals surface area contributed by atoms with Gasteiger partial charge < -0.3 is 0 Å². The van der Waals surface area contributed by atoms with E-state index >= 15 is 0 Å². The lowest BCUT2D eigenvalue weighted by atomic mass is 9.99. The molecule has 1 atom stereocenters. The first-order chi connectivity index (χ1) is 8.63. The Labute approximate surface area is 118 Å². The Kier molecular flexibility index (Phi) is 4.35. The van der Waals surface area contributed by atoms with Crippen molar-refractivity contribution in [3.8, 4) is 0 Å². The SMILES string of the molecule is NNC(c1cccc(Cl)c1)c1c(F)cccc1Br. The minimum atomic E-state index is -0.459. The van der Waals surface area contributed by atoms with Gasteiger partial charge in [-0.2, -0.15) is 0 Å². The Hall–Kier alpha value is -0.940. The molecule has 0 saturated carbocycles. The molecule has 2 aromatic rings. The van der Waals surface area contributed by atoms with Gasteiger partial charge >= 0.3 is 0 Å². The molecule has 5 heteroatoms. The van der Waals surface area contributed by atoms with E-state index in [1.165, 1.54) is 6.07 Å². The molecule has 3 N–H and O–H groups in total. The van der Waals surface area contributed by atoms with Crippen molar-refractivity contribution in [2.45, 2.75) is 6.04 Å². The molecule has 1 unspecified atom stereocenters. The molecule has 0 fully saturated rings. The molecule has 0 heterocycles. The maximum absolute atomic E-state index is 13.9. The Balaban J connectivity index is 2.52. The van der Waals surface area contributed by atoms with Crippen LogP contribution in [0.25, 0.3) is 0 Å². The van der Waals surface area contributed by atoms with Crippen LogP contribution in [0.2, 0.25) is 5.02 Å². The van der Waals surface area contributed by atoms with Crippen molar-refractivity contribution < 1.29 is 4.39 Å². The van der Waals surface area contributed by atoms with Crippen LogP contribution in [0.15, 0.2) is 46.9 Å². The third-order valence-electron chi connectivity index (χ3n) is 2.64. The second-order valence-corrected chi connectivity index (χ2v) is 5.08. The van der Waals surface area contributed by atoms with Gasteiger partial charge in [0.15, 0.2) is 0 Å². The quantitative estimate of drug-likeness (QED) is 0.664. The van der Waals surface area contributed by atoms with E-state index in [2.05, 4.69) is 21.4 Å². The lowest BCUT2D eigenvalue weighted by molar-refractivity contribution is 0.558. The second kappa shape index (κ2) is 5.80. The summed E-state index contributed by atoms with van der Waals surface area (Å²) in [7, 11) is 0. The third kappa shape index (κ3) is 2.72. The van der Waals surface area contributed by atoms with Crippen molar-refractivity contribution in [2.24, 2.45) is 5.84 Å². The molecular weight excluding hydrogens is 319 g/mol. The monoisotopic (exact) mass is 328 g/mol. The van der Waals surface area contributed by atoms with E-state index in [-0.39, 0.29) is 5.82 Å². The normalized spacial score (nSPS) is 12.4. The minimum absolute atomic E-state index is 0.327. The highest BCUT2D eigenvalue weighted by atomic mass is 79.9. The Morgan fingerprint density at radius 3 is 2.56 bits per heavy atom. The van der Waals surface area contributed by atoms with Gasteiger partial charge in [-0.1, -0.05) is 45.7 Å². The summed E-state index contributed by atoms with van der Waals surface area (Å²) in [6.45, 7) is 0. The van der Waals surface area contributed by atoms with Gasteiger partial charge in [-0.05, 0) is 29.8 Å². The predicted molar refractivity (Wildman–Crippen MR) is 74.7 cm³/mol. The van der Waals surface area contributed by atoms with E-state index in [0.29, 0.717) is 15.1 Å². The molecule has 18 heavy (non-hydrogen) atoms. The average Bonchev–Trinajstić information content (AvgIpc) is 2.34. The van der Waals surface area contributed by atoms with Crippen molar-refractivity contribution in [1.29, 1.82) is 0 Å². The second-order valence-electron chi connectivity index (χ2n) is 3.79. The molecule has 0 aliphatic carbocycles. The van der Waals surface area contributed by atoms with E-state index < -0.39 is 6.04 Å². The van der Waals surface area contributed by atoms with Crippen molar-refractivity contribution in [3.05, 3.63) is 68.9 Å². The van der Waals surface area contributed by atoms with Gasteiger partial charge in [-0.15, -0.1) is 0 Å². The molecular formula is C13H11BrClFN2. The molecule has 0 bridgehead atoms. The zero-order valence-corrected chi connectivity index (χ0v) is 11.7. The summed E-state index contributed by atoms with van der Waals surface area (Å²) in [5, 5.41) is 0.584. The lowest BCUT2D eigenvalue weighted by Crippen LogP contribution is -2.29. The Morgan fingerprint density at radius 1 is 1.22 bits per heavy atom. The summed E-state index contributed by atoms with van der Waals surface area (Å²) in [5.41, 5.74) is 3.88. The number of hydrogen-bond donors (Lipinski definition) is 2. The van der Waals surface area contributed by atoms with Gasteiger partial charge in [-0.3, -0.25) is 5.84 Å². The zero-order valence-electron chi connectivity index (χ0n) is 9.33. The number of hydrazine groups is 1. The molecule has 2 aromatic carbocycles. The van der Waals surface area contributed by atoms with Crippen LogP contribution in [-0.4, -0.2) is 0 Å². The predicted octanol–water partition coefficient (Wildman–Crippen LogP) is 3.79. The summed E-state index contributed by atoms with van der Waals surface area (Å²) in [6, 6.07) is 11.5. The Morgan fingerprint density at radius 2 is 1.94 bits per heavy atom. The van der Waals surface area contributed by atoms with E-state index in [1.54, 1.807) is 30.3 Å². The van der Waals surface area contributed by atoms with Crippen LogP contribution in [0.4, 0.5) is 4.39 Å². The third-order valence-corrected chi connectivity index (χ3v) is 3.56. The van der Waals surface area contributed by atoms with Crippen LogP contribution < -0.4 is 11.3 Å². The average molecular weight is 330 g/mol. The number of rotatable bonds is 3. The number of benzene rings is 2. The van der Waals surface area contributed by atoms with Crippen molar-refractivity contribution >= 4 is 27.5 Å². The molecule has 2 rings (SSSR count). The largest absolute Gasteiger partial charge is 0.271 e. The first kappa shape index (κ1) is 13.5. The standard InChI is InChI=1S/C13H11BrClFN2/c14-10-5-2-6-11(16)12(10)13(18-17)8-3-1-4-9(15)7-8/h1-7,13,18H,17H2. The summed E-state index contributed by atoms with van der Waals surface area (Å²) >= 11 is 9.27. The van der Waals surface area contributed by atoms with Crippen LogP contribution in [0, 0.1) is 5.82 Å². The summed E-state index contributed by atoms with van der Waals surface area (Å²) in [6.07, 6.45) is 0. The highest BCUT2D eigenvalue weighted by Gasteiger charge is 2.19. The smallest absolute Gasteiger partial charge is 0.129 e. The fourth-order valence-electron chi connectivity index (χ4n) is 1.82. The molecule has 0 aliphatic rings. The zero-order chi connectivity index (χ0) is 13.1. The van der Waals surface area contributed by atoms with E-state index in [1.807, 2.05) is 6.07 Å². The van der Waals surface area contributed by atoms with Crippen molar-refractivity contribution in [1.82, 2.24) is 5.43 Å². The van der Waals surface area contributed by atoms with Gasteiger partial charge in [0.1, 0.15) is 5.82 Å². The topological polar surface area (TPSA) is 38.0 Å². The fourth-order valence-corrected chi connectivity index (χ4v) is 2.59. The number of nitrogens with two attached hydrogens (primary N) is 1. The minimum Gasteiger partial charge on any atom is -0.271 e. The molecule has 0 spiro atoms. The van der Waals surface area contributed by atoms with Gasteiger partial charge in [0, 0.05) is 15.1 Å². The van der Waals surface area contributed by atoms with E-state index in [4.69, 9.17) is 17.4 Å². The molecule has 0 radical (unpaired) electrons. The summed E-state index contributed by atoms with van der Waals surface area (Å²) in [4.78, 5) is 0. The van der Waals surface area contributed by atoms with Gasteiger partial charge in [0.25, 0.3) is 0 Å². The van der Waals surface area contributed by atoms with E-state index in [9.17, 15) is 4.39 Å². The maximum atomic E-state index is 13.9. The summed E-state index contributed by atoms with van der Waals surface area (Å²) < 4.78 is 14.6. The van der Waals surface area contributed by atoms with Crippen molar-refractivity contribution in [2.75, 3.05) is 0 Å². The first-order valence-corrected chi connectivity index (χ1v) is 6.46. The van der Waals surface area contributed by atoms with E-state index in [0.717, 1.165) is 5.56 Å². The Bertz CT molecular complexity index is 542. The summed E-state index contributed by atoms with van der Waals surface area (Å²) in [5.74, 6) is 5.22. The van der Waals surface area contributed by atoms with Gasteiger partial charge in [0.05, 0.1) is 6.04 Å². The molecule has 94 valence electrons. The highest BCUT2D eigenvalue weighted by molar-refractivity contribution is 9.10. The van der Waals surface area contributed by atoms with Crippen LogP contribution >= 0.6 is 27.5 Å². The van der Waals surface area contributed by atoms with Crippen LogP contribution in [0.5, 0.6) is 0 Å². The number of halogens is 3. The highest BCUT2D eigenvalue weighted by Crippen LogP contribution is 2.31.